The average molecular weight is 186 g/mol. The van der Waals surface area contributed by atoms with Crippen molar-refractivity contribution in [1.29, 1.82) is 0 Å². The van der Waals surface area contributed by atoms with Gasteiger partial charge in [-0.05, 0) is 19.8 Å². The molecule has 0 aromatic carbocycles. The second-order valence-corrected chi connectivity index (χ2v) is 3.97. The van der Waals surface area contributed by atoms with Crippen LogP contribution in [0.2, 0.25) is 0 Å². The third-order valence-electron chi connectivity index (χ3n) is 2.77. The Morgan fingerprint density at radius 2 is 2.31 bits per heavy atom. The summed E-state index contributed by atoms with van der Waals surface area (Å²) >= 11 is 0. The number of carbonyl (C=O) groups is 1. The number of hydrogen-bond donors (Lipinski definition) is 2. The number of nitrogens with two attached hydrogens (primary N) is 1. The van der Waals surface area contributed by atoms with E-state index in [1.807, 2.05) is 6.92 Å². The molecule has 2 unspecified atom stereocenters. The van der Waals surface area contributed by atoms with Gasteiger partial charge in [0.25, 0.3) is 0 Å². The van der Waals surface area contributed by atoms with Crippen molar-refractivity contribution in [2.75, 3.05) is 7.11 Å². The van der Waals surface area contributed by atoms with E-state index in [4.69, 9.17) is 5.73 Å². The second kappa shape index (κ2) is 4.07. The van der Waals surface area contributed by atoms with Crippen molar-refractivity contribution in [2.24, 2.45) is 11.7 Å². The van der Waals surface area contributed by atoms with Gasteiger partial charge in [0.15, 0.2) is 0 Å². The fraction of sp³-hybridized carbons (Fsp3) is 0.889. The van der Waals surface area contributed by atoms with E-state index >= 15 is 0 Å². The third-order valence-corrected chi connectivity index (χ3v) is 2.77. The quantitative estimate of drug-likeness (QED) is 0.620. The van der Waals surface area contributed by atoms with Gasteiger partial charge in [0, 0.05) is 5.54 Å². The minimum atomic E-state index is -0.374. The van der Waals surface area contributed by atoms with Crippen molar-refractivity contribution in [2.45, 2.75) is 38.1 Å². The highest BCUT2D eigenvalue weighted by atomic mass is 16.6. The summed E-state index contributed by atoms with van der Waals surface area (Å²) in [5, 5.41) is 0. The van der Waals surface area contributed by atoms with Crippen LogP contribution in [0.15, 0.2) is 0 Å². The van der Waals surface area contributed by atoms with Crippen LogP contribution in [0.5, 0.6) is 0 Å². The fourth-order valence-corrected chi connectivity index (χ4v) is 1.96. The zero-order valence-corrected chi connectivity index (χ0v) is 8.30. The fourth-order valence-electron chi connectivity index (χ4n) is 1.96. The molecule has 0 aromatic rings. The predicted octanol–water partition coefficient (Wildman–Crippen LogP) is 0.572. The van der Waals surface area contributed by atoms with Crippen LogP contribution in [-0.4, -0.2) is 18.6 Å². The minimum Gasteiger partial charge on any atom is -0.325 e. The molecular formula is C9H18N2O2. The molecule has 0 heterocycles. The largest absolute Gasteiger partial charge is 0.325 e. The van der Waals surface area contributed by atoms with Crippen LogP contribution < -0.4 is 11.2 Å². The van der Waals surface area contributed by atoms with Crippen molar-refractivity contribution >= 4 is 5.91 Å². The molecule has 1 amide bonds. The van der Waals surface area contributed by atoms with Crippen LogP contribution in [-0.2, 0) is 9.63 Å². The van der Waals surface area contributed by atoms with Gasteiger partial charge < -0.3 is 5.73 Å². The van der Waals surface area contributed by atoms with Crippen molar-refractivity contribution in [3.8, 4) is 0 Å². The van der Waals surface area contributed by atoms with Crippen LogP contribution in [0.25, 0.3) is 0 Å². The summed E-state index contributed by atoms with van der Waals surface area (Å²) in [7, 11) is 1.44. The van der Waals surface area contributed by atoms with E-state index < -0.39 is 0 Å². The van der Waals surface area contributed by atoms with Gasteiger partial charge in [-0.3, -0.25) is 9.63 Å². The summed E-state index contributed by atoms with van der Waals surface area (Å²) in [5.41, 5.74) is 8.01. The summed E-state index contributed by atoms with van der Waals surface area (Å²) in [6.07, 6.45) is 3.97. The summed E-state index contributed by atoms with van der Waals surface area (Å²) in [4.78, 5) is 16.1. The van der Waals surface area contributed by atoms with Gasteiger partial charge in [0.2, 0.25) is 5.91 Å². The van der Waals surface area contributed by atoms with E-state index in [-0.39, 0.29) is 17.4 Å². The van der Waals surface area contributed by atoms with Crippen molar-refractivity contribution in [3.05, 3.63) is 0 Å². The molecule has 4 heteroatoms. The van der Waals surface area contributed by atoms with Crippen LogP contribution >= 0.6 is 0 Å². The standard InChI is InChI=1S/C9H18N2O2/c1-9(10)6-4-3-5-7(9)8(12)11-13-2/h7H,3-6,10H2,1-2H3,(H,11,12). The maximum absolute atomic E-state index is 11.5. The van der Waals surface area contributed by atoms with Crippen LogP contribution in [0, 0.1) is 5.92 Å². The molecule has 0 spiro atoms. The molecule has 1 aliphatic rings. The van der Waals surface area contributed by atoms with E-state index in [0.717, 1.165) is 25.7 Å². The number of hydrogen-bond acceptors (Lipinski definition) is 3. The van der Waals surface area contributed by atoms with Gasteiger partial charge in [0.1, 0.15) is 0 Å². The monoisotopic (exact) mass is 186 g/mol. The van der Waals surface area contributed by atoms with Gasteiger partial charge in [-0.2, -0.15) is 0 Å². The van der Waals surface area contributed by atoms with Gasteiger partial charge in [-0.15, -0.1) is 0 Å². The molecule has 1 rings (SSSR count). The zero-order chi connectivity index (χ0) is 9.90. The highest BCUT2D eigenvalue weighted by molar-refractivity contribution is 5.79. The molecule has 1 saturated carbocycles. The Balaban J connectivity index is 2.59. The number of nitrogens with one attached hydrogen (secondary N) is 1. The maximum Gasteiger partial charge on any atom is 0.248 e. The van der Waals surface area contributed by atoms with Crippen LogP contribution in [0.4, 0.5) is 0 Å². The Hall–Kier alpha value is -0.610. The molecule has 0 aliphatic heterocycles. The number of rotatable bonds is 2. The van der Waals surface area contributed by atoms with Crippen LogP contribution in [0.1, 0.15) is 32.6 Å². The van der Waals surface area contributed by atoms with Gasteiger partial charge in [-0.1, -0.05) is 12.8 Å². The first kappa shape index (κ1) is 10.5. The first-order chi connectivity index (χ1) is 6.08. The molecule has 0 saturated heterocycles. The van der Waals surface area contributed by atoms with Gasteiger partial charge >= 0.3 is 0 Å². The summed E-state index contributed by atoms with van der Waals surface area (Å²) < 4.78 is 0. The SMILES string of the molecule is CONC(=O)C1CCCCC1(C)N. The lowest BCUT2D eigenvalue weighted by atomic mass is 9.74. The molecule has 76 valence electrons. The van der Waals surface area contributed by atoms with E-state index in [9.17, 15) is 4.79 Å². The lowest BCUT2D eigenvalue weighted by molar-refractivity contribution is -0.138. The van der Waals surface area contributed by atoms with E-state index in [2.05, 4.69) is 10.3 Å². The minimum absolute atomic E-state index is 0.0906. The average Bonchev–Trinajstić information content (AvgIpc) is 2.03. The molecular weight excluding hydrogens is 168 g/mol. The zero-order valence-electron chi connectivity index (χ0n) is 8.30. The van der Waals surface area contributed by atoms with E-state index in [0.29, 0.717) is 0 Å². The van der Waals surface area contributed by atoms with Crippen molar-refractivity contribution in [1.82, 2.24) is 5.48 Å². The van der Waals surface area contributed by atoms with Crippen molar-refractivity contribution < 1.29 is 9.63 Å². The molecule has 2 atom stereocenters. The van der Waals surface area contributed by atoms with E-state index in [1.165, 1.54) is 7.11 Å². The van der Waals surface area contributed by atoms with Gasteiger partial charge in [0.05, 0.1) is 13.0 Å². The molecule has 13 heavy (non-hydrogen) atoms. The Morgan fingerprint density at radius 3 is 2.85 bits per heavy atom. The smallest absolute Gasteiger partial charge is 0.248 e. The number of amides is 1. The molecule has 0 radical (unpaired) electrons. The number of carbonyl (C=O) groups excluding carboxylic acids is 1. The highest BCUT2D eigenvalue weighted by Gasteiger charge is 2.37. The summed E-state index contributed by atoms with van der Waals surface area (Å²) in [5.74, 6) is -0.201. The molecule has 1 aliphatic carbocycles. The molecule has 1 fully saturated rings. The Kier molecular flexibility index (Phi) is 3.27. The Morgan fingerprint density at radius 1 is 1.62 bits per heavy atom. The van der Waals surface area contributed by atoms with Crippen molar-refractivity contribution in [3.63, 3.8) is 0 Å². The third kappa shape index (κ3) is 2.42. The topological polar surface area (TPSA) is 64.3 Å². The maximum atomic E-state index is 11.5. The summed E-state index contributed by atoms with van der Waals surface area (Å²) in [6.45, 7) is 1.94. The number of hydroxylamine groups is 1. The normalized spacial score (nSPS) is 34.2. The Bertz CT molecular complexity index is 192. The van der Waals surface area contributed by atoms with E-state index in [1.54, 1.807) is 0 Å². The first-order valence-corrected chi connectivity index (χ1v) is 4.69. The molecule has 3 N–H and O–H groups in total. The first-order valence-electron chi connectivity index (χ1n) is 4.69. The highest BCUT2D eigenvalue weighted by Crippen LogP contribution is 2.31. The van der Waals surface area contributed by atoms with Crippen LogP contribution in [0.3, 0.4) is 0 Å². The molecule has 4 nitrogen and oxygen atoms in total. The molecule has 0 bridgehead atoms. The lowest BCUT2D eigenvalue weighted by Crippen LogP contribution is -2.52. The van der Waals surface area contributed by atoms with Gasteiger partial charge in [-0.25, -0.2) is 5.48 Å². The molecule has 0 aromatic heterocycles. The lowest BCUT2D eigenvalue weighted by Gasteiger charge is -2.36. The second-order valence-electron chi connectivity index (χ2n) is 3.97. The Labute approximate surface area is 78.8 Å². The summed E-state index contributed by atoms with van der Waals surface area (Å²) in [6, 6.07) is 0. The predicted molar refractivity (Wildman–Crippen MR) is 49.7 cm³/mol.